The maximum Gasteiger partial charge on any atom is 0.315 e. The van der Waals surface area contributed by atoms with E-state index >= 15 is 0 Å². The summed E-state index contributed by atoms with van der Waals surface area (Å²) in [6.07, 6.45) is 9.87. The quantitative estimate of drug-likeness (QED) is 0.0764. The highest BCUT2D eigenvalue weighted by molar-refractivity contribution is 5.93. The van der Waals surface area contributed by atoms with E-state index in [4.69, 9.17) is 4.74 Å². The van der Waals surface area contributed by atoms with Crippen molar-refractivity contribution in [2.45, 2.75) is 133 Å². The molecule has 12 nitrogen and oxygen atoms in total. The molecule has 268 valence electrons. The average molecular weight is 652 g/mol. The molecule has 45 heavy (non-hydrogen) atoms. The van der Waals surface area contributed by atoms with Gasteiger partial charge in [-0.25, -0.2) is 0 Å². The first-order valence-electron chi connectivity index (χ1n) is 16.0. The minimum absolute atomic E-state index is 0.156. The van der Waals surface area contributed by atoms with E-state index in [9.17, 15) is 28.8 Å². The van der Waals surface area contributed by atoms with Crippen LogP contribution in [0.4, 0.5) is 0 Å². The molecule has 1 amide bonds. The molecule has 0 fully saturated rings. The maximum atomic E-state index is 11.0. The molecule has 0 saturated heterocycles. The Morgan fingerprint density at radius 2 is 0.644 bits per heavy atom. The monoisotopic (exact) mass is 651 g/mol. The van der Waals surface area contributed by atoms with Crippen molar-refractivity contribution in [1.82, 2.24) is 4.90 Å². The molecule has 0 aliphatic rings. The Hall–Kier alpha value is -3.18. The Labute approximate surface area is 273 Å². The number of hydrogen-bond donors (Lipinski definition) is 0. The van der Waals surface area contributed by atoms with Gasteiger partial charge >= 0.3 is 29.8 Å². The molecule has 0 heterocycles. The molecule has 12 heteroatoms. The van der Waals surface area contributed by atoms with Gasteiger partial charge in [-0.1, -0.05) is 66.7 Å². The van der Waals surface area contributed by atoms with Crippen LogP contribution in [0.1, 0.15) is 133 Å². The minimum Gasteiger partial charge on any atom is -0.466 e. The summed E-state index contributed by atoms with van der Waals surface area (Å²) in [6.45, 7) is 18.7. The summed E-state index contributed by atoms with van der Waals surface area (Å²) >= 11 is 0. The van der Waals surface area contributed by atoms with Crippen LogP contribution in [0.15, 0.2) is 0 Å². The first-order valence-corrected chi connectivity index (χ1v) is 16.0. The van der Waals surface area contributed by atoms with Gasteiger partial charge in [-0.15, -0.1) is 0 Å². The van der Waals surface area contributed by atoms with Crippen LogP contribution in [-0.2, 0) is 52.5 Å². The third-order valence-corrected chi connectivity index (χ3v) is 4.77. The molecule has 0 aromatic heterocycles. The third kappa shape index (κ3) is 69.2. The van der Waals surface area contributed by atoms with Crippen LogP contribution in [0.2, 0.25) is 0 Å². The Morgan fingerprint density at radius 3 is 0.822 bits per heavy atom. The predicted molar refractivity (Wildman–Crippen MR) is 175 cm³/mol. The van der Waals surface area contributed by atoms with Gasteiger partial charge in [0.2, 0.25) is 5.91 Å². The largest absolute Gasteiger partial charge is 0.466 e. The van der Waals surface area contributed by atoms with Crippen molar-refractivity contribution >= 4 is 35.8 Å². The standard InChI is InChI=1S/C9H17NO3.4C6H12O2/c1-4-5-6-13-9(12)7-8(11)10(2)3;4*1-3-4-5-8-6(2)7/h4-7H2,1-3H3;4*3-5H2,1-2H3. The summed E-state index contributed by atoms with van der Waals surface area (Å²) in [5.74, 6) is -1.39. The van der Waals surface area contributed by atoms with Crippen LogP contribution < -0.4 is 0 Å². The van der Waals surface area contributed by atoms with Gasteiger partial charge in [0.05, 0.1) is 33.0 Å². The molecule has 0 aliphatic heterocycles. The van der Waals surface area contributed by atoms with Crippen molar-refractivity contribution in [2.24, 2.45) is 0 Å². The zero-order valence-electron chi connectivity index (χ0n) is 30.3. The van der Waals surface area contributed by atoms with E-state index < -0.39 is 5.97 Å². The van der Waals surface area contributed by atoms with Gasteiger partial charge in [0.15, 0.2) is 0 Å². The molecule has 0 saturated carbocycles. The molecular weight excluding hydrogens is 586 g/mol. The molecule has 0 atom stereocenters. The Morgan fingerprint density at radius 1 is 0.422 bits per heavy atom. The molecule has 0 N–H and O–H groups in total. The van der Waals surface area contributed by atoms with E-state index in [0.29, 0.717) is 33.0 Å². The zero-order valence-corrected chi connectivity index (χ0v) is 30.3. The summed E-state index contributed by atoms with van der Waals surface area (Å²) in [5.41, 5.74) is 0. The molecule has 0 radical (unpaired) electrons. The highest BCUT2D eigenvalue weighted by atomic mass is 16.5. The lowest BCUT2D eigenvalue weighted by molar-refractivity contribution is -0.149. The number of ether oxygens (including phenoxy) is 5. The molecule has 0 bridgehead atoms. The predicted octanol–water partition coefficient (Wildman–Crippen LogP) is 6.21. The highest BCUT2D eigenvalue weighted by Crippen LogP contribution is 1.94. The Balaban J connectivity index is -0.000000151. The number of carbonyl (C=O) groups is 6. The van der Waals surface area contributed by atoms with E-state index in [2.05, 4.69) is 46.6 Å². The number of nitrogens with zero attached hydrogens (tertiary/aromatic N) is 1. The lowest BCUT2D eigenvalue weighted by Crippen LogP contribution is -2.25. The highest BCUT2D eigenvalue weighted by Gasteiger charge is 2.11. The van der Waals surface area contributed by atoms with Gasteiger partial charge in [0.25, 0.3) is 0 Å². The lowest BCUT2D eigenvalue weighted by atomic mass is 10.3. The molecule has 0 aliphatic carbocycles. The van der Waals surface area contributed by atoms with Gasteiger partial charge in [-0.2, -0.15) is 0 Å². The Bertz CT molecular complexity index is 645. The number of rotatable bonds is 17. The van der Waals surface area contributed by atoms with Crippen LogP contribution >= 0.6 is 0 Å². The zero-order chi connectivity index (χ0) is 35.9. The molecule has 0 rings (SSSR count). The summed E-state index contributed by atoms with van der Waals surface area (Å²) in [4.78, 5) is 63.7. The summed E-state index contributed by atoms with van der Waals surface area (Å²) in [6, 6.07) is 0. The van der Waals surface area contributed by atoms with Gasteiger partial charge in [0.1, 0.15) is 6.42 Å². The van der Waals surface area contributed by atoms with Crippen LogP contribution in [0.3, 0.4) is 0 Å². The fourth-order valence-corrected chi connectivity index (χ4v) is 2.10. The van der Waals surface area contributed by atoms with Crippen molar-refractivity contribution in [3.63, 3.8) is 0 Å². The van der Waals surface area contributed by atoms with Crippen LogP contribution in [0.5, 0.6) is 0 Å². The van der Waals surface area contributed by atoms with Crippen LogP contribution in [0, 0.1) is 0 Å². The average Bonchev–Trinajstić information content (AvgIpc) is 2.94. The van der Waals surface area contributed by atoms with E-state index in [0.717, 1.165) is 64.2 Å². The van der Waals surface area contributed by atoms with Gasteiger partial charge in [0, 0.05) is 41.8 Å². The van der Waals surface area contributed by atoms with E-state index in [1.165, 1.54) is 32.6 Å². The fraction of sp³-hybridized carbons (Fsp3) is 0.818. The van der Waals surface area contributed by atoms with E-state index in [-0.39, 0.29) is 36.2 Å². The number of hydrogen-bond acceptors (Lipinski definition) is 11. The van der Waals surface area contributed by atoms with E-state index in [1.807, 2.05) is 6.92 Å². The second-order valence-corrected chi connectivity index (χ2v) is 9.81. The molecule has 0 aromatic carbocycles. The summed E-state index contributed by atoms with van der Waals surface area (Å²) in [7, 11) is 3.23. The topological polar surface area (TPSA) is 152 Å². The normalized spacial score (nSPS) is 8.96. The maximum absolute atomic E-state index is 11.0. The Kier molecular flexibility index (Phi) is 49.1. The van der Waals surface area contributed by atoms with Crippen molar-refractivity contribution in [1.29, 1.82) is 0 Å². The van der Waals surface area contributed by atoms with Crippen molar-refractivity contribution in [3.05, 3.63) is 0 Å². The van der Waals surface area contributed by atoms with Crippen molar-refractivity contribution < 1.29 is 52.5 Å². The van der Waals surface area contributed by atoms with Gasteiger partial charge < -0.3 is 28.6 Å². The molecule has 0 aromatic rings. The second kappa shape index (κ2) is 43.0. The first kappa shape index (κ1) is 51.4. The minimum atomic E-state index is -0.438. The molecule has 0 spiro atoms. The van der Waals surface area contributed by atoms with E-state index in [1.54, 1.807) is 14.1 Å². The third-order valence-electron chi connectivity index (χ3n) is 4.77. The fourth-order valence-electron chi connectivity index (χ4n) is 2.10. The number of esters is 5. The van der Waals surface area contributed by atoms with Crippen molar-refractivity contribution in [3.8, 4) is 0 Å². The number of unbranched alkanes of at least 4 members (excludes halogenated alkanes) is 5. The summed E-state index contributed by atoms with van der Waals surface area (Å²) in [5, 5.41) is 0. The van der Waals surface area contributed by atoms with Gasteiger partial charge in [-0.3, -0.25) is 28.8 Å². The number of carbonyl (C=O) groups excluding carboxylic acids is 6. The van der Waals surface area contributed by atoms with Crippen molar-refractivity contribution in [2.75, 3.05) is 47.1 Å². The second-order valence-electron chi connectivity index (χ2n) is 9.81. The van der Waals surface area contributed by atoms with Gasteiger partial charge in [-0.05, 0) is 32.1 Å². The summed E-state index contributed by atoms with van der Waals surface area (Å²) < 4.78 is 23.4. The molecule has 0 unspecified atom stereocenters. The number of amides is 1. The van der Waals surface area contributed by atoms with Crippen LogP contribution in [0.25, 0.3) is 0 Å². The first-order chi connectivity index (χ1) is 21.2. The lowest BCUT2D eigenvalue weighted by Gasteiger charge is -2.09. The van der Waals surface area contributed by atoms with Crippen LogP contribution in [-0.4, -0.2) is 87.8 Å². The smallest absolute Gasteiger partial charge is 0.315 e. The SMILES string of the molecule is CCCCOC(=O)CC(=O)N(C)C.CCCCOC(C)=O.CCCCOC(C)=O.CCCCOC(C)=O.CCCCOC(C)=O. The molecular formula is C33H65NO11.